The fourth-order valence-corrected chi connectivity index (χ4v) is 3.93. The number of hydrogen-bond acceptors (Lipinski definition) is 5. The molecule has 1 saturated heterocycles. The van der Waals surface area contributed by atoms with E-state index in [9.17, 15) is 9.50 Å². The molecule has 1 unspecified atom stereocenters. The van der Waals surface area contributed by atoms with Gasteiger partial charge in [0, 0.05) is 45.8 Å². The molecular formula is C22H31FN4O2. The summed E-state index contributed by atoms with van der Waals surface area (Å²) in [7, 11) is 1.78. The number of ether oxygens (including phenoxy) is 1. The van der Waals surface area contributed by atoms with Crippen LogP contribution >= 0.6 is 0 Å². The third-order valence-corrected chi connectivity index (χ3v) is 5.31. The molecule has 1 fully saturated rings. The van der Waals surface area contributed by atoms with E-state index in [-0.39, 0.29) is 18.5 Å². The molecule has 0 spiro atoms. The van der Waals surface area contributed by atoms with Gasteiger partial charge in [0.05, 0.1) is 12.6 Å². The van der Waals surface area contributed by atoms with Crippen LogP contribution in [0.1, 0.15) is 36.9 Å². The molecule has 6 nitrogen and oxygen atoms in total. The van der Waals surface area contributed by atoms with Gasteiger partial charge in [-0.1, -0.05) is 6.07 Å². The van der Waals surface area contributed by atoms with Gasteiger partial charge in [0.2, 0.25) is 0 Å². The van der Waals surface area contributed by atoms with E-state index < -0.39 is 0 Å². The van der Waals surface area contributed by atoms with Crippen molar-refractivity contribution < 1.29 is 14.2 Å². The molecule has 1 atom stereocenters. The summed E-state index contributed by atoms with van der Waals surface area (Å²) in [5.74, 6) is 0.618. The summed E-state index contributed by atoms with van der Waals surface area (Å²) in [6.45, 7) is 5.01. The Morgan fingerprint density at radius 1 is 1.45 bits per heavy atom. The largest absolute Gasteiger partial charge is 0.396 e. The monoisotopic (exact) mass is 402 g/mol. The summed E-state index contributed by atoms with van der Waals surface area (Å²) < 4.78 is 19.4. The first-order valence-electron chi connectivity index (χ1n) is 10.3. The summed E-state index contributed by atoms with van der Waals surface area (Å²) in [6.07, 6.45) is 8.46. The van der Waals surface area contributed by atoms with Gasteiger partial charge in [0.25, 0.3) is 0 Å². The molecule has 2 N–H and O–H groups in total. The van der Waals surface area contributed by atoms with Crippen molar-refractivity contribution in [3.63, 3.8) is 0 Å². The number of likely N-dealkylation sites (tertiary alicyclic amines) is 1. The zero-order chi connectivity index (χ0) is 20.6. The highest BCUT2D eigenvalue weighted by Crippen LogP contribution is 2.35. The zero-order valence-electron chi connectivity index (χ0n) is 17.3. The van der Waals surface area contributed by atoms with E-state index in [0.717, 1.165) is 42.9 Å². The summed E-state index contributed by atoms with van der Waals surface area (Å²) in [6, 6.07) is 4.92. The Kier molecular flexibility index (Phi) is 7.80. The lowest BCUT2D eigenvalue weighted by Crippen LogP contribution is -2.31. The van der Waals surface area contributed by atoms with Crippen molar-refractivity contribution in [1.82, 2.24) is 15.3 Å². The Morgan fingerprint density at radius 3 is 3.07 bits per heavy atom. The molecule has 29 heavy (non-hydrogen) atoms. The Morgan fingerprint density at radius 2 is 2.31 bits per heavy atom. The van der Waals surface area contributed by atoms with E-state index in [2.05, 4.69) is 15.3 Å². The van der Waals surface area contributed by atoms with Crippen LogP contribution in [0, 0.1) is 5.82 Å². The number of amidine groups is 1. The van der Waals surface area contributed by atoms with Gasteiger partial charge in [-0.15, -0.1) is 0 Å². The van der Waals surface area contributed by atoms with Gasteiger partial charge in [-0.25, -0.2) is 9.82 Å². The van der Waals surface area contributed by atoms with Crippen molar-refractivity contribution in [2.45, 2.75) is 32.2 Å². The van der Waals surface area contributed by atoms with Crippen molar-refractivity contribution in [1.29, 1.82) is 0 Å². The number of benzene rings is 1. The van der Waals surface area contributed by atoms with Crippen LogP contribution in [0.15, 0.2) is 47.2 Å². The molecule has 0 bridgehead atoms. The number of aliphatic hydroxyl groups is 1. The molecule has 0 aliphatic carbocycles. The average Bonchev–Trinajstić information content (AvgIpc) is 3.38. The topological polar surface area (TPSA) is 60.3 Å². The highest BCUT2D eigenvalue weighted by molar-refractivity contribution is 5.93. The molecule has 158 valence electrons. The fraction of sp³-hybridized carbons (Fsp3) is 0.500. The number of rotatable bonds is 8. The second-order valence-corrected chi connectivity index (χ2v) is 7.23. The number of halogens is 1. The average molecular weight is 403 g/mol. The molecule has 2 heterocycles. The van der Waals surface area contributed by atoms with E-state index in [0.29, 0.717) is 19.6 Å². The molecule has 1 aromatic carbocycles. The van der Waals surface area contributed by atoms with Crippen molar-refractivity contribution >= 4 is 5.84 Å². The molecule has 0 aromatic heterocycles. The summed E-state index contributed by atoms with van der Waals surface area (Å²) in [5, 5.41) is 11.3. The maximum absolute atomic E-state index is 14.0. The predicted octanol–water partition coefficient (Wildman–Crippen LogP) is 2.78. The Hall–Kier alpha value is -2.22. The minimum absolute atomic E-state index is 0.0526. The Bertz CT molecular complexity index is 778. The first-order chi connectivity index (χ1) is 14.2. The molecule has 7 heteroatoms. The van der Waals surface area contributed by atoms with Gasteiger partial charge in [0.15, 0.2) is 0 Å². The normalized spacial score (nSPS) is 20.2. The van der Waals surface area contributed by atoms with Gasteiger partial charge >= 0.3 is 0 Å². The van der Waals surface area contributed by atoms with Gasteiger partial charge in [-0.2, -0.15) is 0 Å². The van der Waals surface area contributed by atoms with E-state index in [1.165, 1.54) is 11.6 Å². The first kappa shape index (κ1) is 21.5. The molecule has 1 aromatic rings. The third-order valence-electron chi connectivity index (χ3n) is 5.31. The number of aliphatic hydroxyl groups excluding tert-OH is 1. The lowest BCUT2D eigenvalue weighted by atomic mass is 9.96. The van der Waals surface area contributed by atoms with Crippen molar-refractivity contribution in [3.05, 3.63) is 59.2 Å². The van der Waals surface area contributed by atoms with E-state index in [1.54, 1.807) is 19.2 Å². The Labute approximate surface area is 172 Å². The van der Waals surface area contributed by atoms with Crippen LogP contribution in [0.25, 0.3) is 0 Å². The SMILES string of the molecule is CCOCC1=CN(/C=C\C(=NC)N2CCCC2c2cc(F)ccc2CCO)NC1. The number of hydrogen-bond donors (Lipinski definition) is 2. The van der Waals surface area contributed by atoms with Crippen LogP contribution in [-0.4, -0.2) is 60.8 Å². The summed E-state index contributed by atoms with van der Waals surface area (Å²) in [5.41, 5.74) is 6.42. The van der Waals surface area contributed by atoms with Crippen LogP contribution in [0.2, 0.25) is 0 Å². The molecular weight excluding hydrogens is 371 g/mol. The quantitative estimate of drug-likeness (QED) is 0.517. The van der Waals surface area contributed by atoms with Crippen LogP contribution < -0.4 is 5.43 Å². The summed E-state index contributed by atoms with van der Waals surface area (Å²) in [4.78, 5) is 6.72. The van der Waals surface area contributed by atoms with E-state index >= 15 is 0 Å². The standard InChI is InChI=1S/C22H31FN4O2/c1-3-29-16-17-14-25-26(15-17)11-8-22(24-2)27-10-4-5-21(27)20-13-19(23)7-6-18(20)9-12-28/h6-8,11,13,15,21,25,28H,3-5,9-10,12,14,16H2,1-2H3/b11-8-,24-22?. The fourth-order valence-electron chi connectivity index (χ4n) is 3.93. The molecule has 0 amide bonds. The maximum Gasteiger partial charge on any atom is 0.125 e. The van der Waals surface area contributed by atoms with Gasteiger partial charge in [-0.3, -0.25) is 10.0 Å². The number of aliphatic imine (C=N–C) groups is 1. The highest BCUT2D eigenvalue weighted by Gasteiger charge is 2.29. The molecule has 2 aliphatic heterocycles. The third kappa shape index (κ3) is 5.44. The van der Waals surface area contributed by atoms with Gasteiger partial charge in [0.1, 0.15) is 11.7 Å². The second kappa shape index (κ2) is 10.5. The van der Waals surface area contributed by atoms with Gasteiger partial charge in [-0.05, 0) is 61.1 Å². The molecule has 0 saturated carbocycles. The van der Waals surface area contributed by atoms with E-state index in [4.69, 9.17) is 4.74 Å². The lowest BCUT2D eigenvalue weighted by Gasteiger charge is -2.28. The smallest absolute Gasteiger partial charge is 0.125 e. The van der Waals surface area contributed by atoms with Crippen LogP contribution in [0.5, 0.6) is 0 Å². The number of nitrogens with zero attached hydrogens (tertiary/aromatic N) is 3. The van der Waals surface area contributed by atoms with Gasteiger partial charge < -0.3 is 14.7 Å². The molecule has 0 radical (unpaired) electrons. The minimum atomic E-state index is -0.243. The van der Waals surface area contributed by atoms with Crippen LogP contribution in [0.4, 0.5) is 4.39 Å². The highest BCUT2D eigenvalue weighted by atomic mass is 19.1. The van der Waals surface area contributed by atoms with Crippen molar-refractivity contribution in [2.24, 2.45) is 4.99 Å². The van der Waals surface area contributed by atoms with Crippen LogP contribution in [-0.2, 0) is 11.2 Å². The lowest BCUT2D eigenvalue weighted by molar-refractivity contribution is 0.170. The Balaban J connectivity index is 1.74. The molecule has 2 aliphatic rings. The number of hydrazine groups is 1. The minimum Gasteiger partial charge on any atom is -0.396 e. The maximum atomic E-state index is 14.0. The molecule has 3 rings (SSSR count). The first-order valence-corrected chi connectivity index (χ1v) is 10.3. The zero-order valence-corrected chi connectivity index (χ0v) is 17.3. The summed E-state index contributed by atoms with van der Waals surface area (Å²) >= 11 is 0. The van der Waals surface area contributed by atoms with Crippen LogP contribution in [0.3, 0.4) is 0 Å². The van der Waals surface area contributed by atoms with Crippen molar-refractivity contribution in [2.75, 3.05) is 40.0 Å². The van der Waals surface area contributed by atoms with Crippen molar-refractivity contribution in [3.8, 4) is 0 Å². The predicted molar refractivity (Wildman–Crippen MR) is 113 cm³/mol. The van der Waals surface area contributed by atoms with E-state index in [1.807, 2.05) is 30.4 Å². The second-order valence-electron chi connectivity index (χ2n) is 7.23. The number of nitrogens with one attached hydrogen (secondary N) is 1.